The number of carbonyl (C=O) groups is 1. The third-order valence-corrected chi connectivity index (χ3v) is 6.46. The van der Waals surface area contributed by atoms with E-state index in [0.717, 1.165) is 12.0 Å². The maximum atomic E-state index is 13.5. The largest absolute Gasteiger partial charge is 0.493 e. The molecule has 9 heteroatoms. The molecule has 1 saturated heterocycles. The van der Waals surface area contributed by atoms with E-state index in [1.54, 1.807) is 7.11 Å². The summed E-state index contributed by atoms with van der Waals surface area (Å²) in [7, 11) is 1.63. The lowest BCUT2D eigenvalue weighted by molar-refractivity contribution is -0.134. The van der Waals surface area contributed by atoms with Crippen molar-refractivity contribution >= 4 is 5.91 Å². The third kappa shape index (κ3) is 7.32. The minimum atomic E-state index is -0.261. The topological polar surface area (TPSA) is 75.7 Å². The Morgan fingerprint density at radius 2 is 1.75 bits per heavy atom. The molecular weight excluding hydrogens is 469 g/mol. The van der Waals surface area contributed by atoms with Crippen LogP contribution in [-0.4, -0.2) is 77.4 Å². The first-order chi connectivity index (χ1) is 17.6. The van der Waals surface area contributed by atoms with Gasteiger partial charge in [-0.3, -0.25) is 4.79 Å². The molecule has 2 aliphatic heterocycles. The lowest BCUT2D eigenvalue weighted by atomic mass is 9.80. The van der Waals surface area contributed by atoms with Crippen molar-refractivity contribution in [2.45, 2.75) is 18.8 Å². The molecule has 4 rings (SSSR count). The van der Waals surface area contributed by atoms with Crippen molar-refractivity contribution in [1.29, 1.82) is 0 Å². The highest BCUT2D eigenvalue weighted by Crippen LogP contribution is 2.37. The van der Waals surface area contributed by atoms with Gasteiger partial charge in [0.15, 0.2) is 11.5 Å². The number of methoxy groups -OCH3 is 1. The van der Waals surface area contributed by atoms with Gasteiger partial charge < -0.3 is 33.3 Å². The molecule has 2 atom stereocenters. The highest BCUT2D eigenvalue weighted by molar-refractivity contribution is 5.76. The van der Waals surface area contributed by atoms with Crippen LogP contribution in [0.2, 0.25) is 0 Å². The normalized spacial score (nSPS) is 18.9. The van der Waals surface area contributed by atoms with Crippen LogP contribution >= 0.6 is 0 Å². The maximum absolute atomic E-state index is 13.5. The molecule has 2 aromatic carbocycles. The molecule has 196 valence electrons. The van der Waals surface area contributed by atoms with Crippen LogP contribution in [-0.2, 0) is 19.0 Å². The summed E-state index contributed by atoms with van der Waals surface area (Å²) in [5, 5.41) is 0. The number of piperidine rings is 1. The average Bonchev–Trinajstić information content (AvgIpc) is 3.37. The van der Waals surface area contributed by atoms with E-state index in [0.29, 0.717) is 76.4 Å². The molecule has 0 aromatic heterocycles. The van der Waals surface area contributed by atoms with Gasteiger partial charge in [0.05, 0.1) is 46.1 Å². The Morgan fingerprint density at radius 1 is 1.00 bits per heavy atom. The molecule has 0 aliphatic carbocycles. The lowest BCUT2D eigenvalue weighted by Gasteiger charge is -2.39. The number of likely N-dealkylation sites (tertiary alicyclic amines) is 1. The average molecular weight is 504 g/mol. The first-order valence-electron chi connectivity index (χ1n) is 12.3. The molecule has 2 aliphatic rings. The van der Waals surface area contributed by atoms with Gasteiger partial charge in [0, 0.05) is 32.2 Å². The second-order valence-corrected chi connectivity index (χ2v) is 8.84. The van der Waals surface area contributed by atoms with Crippen molar-refractivity contribution in [2.75, 3.05) is 66.6 Å². The fourth-order valence-electron chi connectivity index (χ4n) is 4.53. The number of rotatable bonds is 13. The Bertz CT molecular complexity index is 971. The van der Waals surface area contributed by atoms with Crippen molar-refractivity contribution < 1.29 is 37.6 Å². The first kappa shape index (κ1) is 26.2. The summed E-state index contributed by atoms with van der Waals surface area (Å²) in [5.41, 5.74) is 1.06. The highest BCUT2D eigenvalue weighted by Gasteiger charge is 2.33. The number of halogens is 1. The summed E-state index contributed by atoms with van der Waals surface area (Å²) >= 11 is 0. The fraction of sp³-hybridized carbons (Fsp3) is 0.519. The third-order valence-electron chi connectivity index (χ3n) is 6.46. The van der Waals surface area contributed by atoms with Gasteiger partial charge in [-0.1, -0.05) is 12.1 Å². The number of carbonyl (C=O) groups excluding carboxylic acids is 1. The fourth-order valence-corrected chi connectivity index (χ4v) is 4.53. The van der Waals surface area contributed by atoms with Crippen molar-refractivity contribution in [3.05, 3.63) is 53.8 Å². The molecule has 0 bridgehead atoms. The van der Waals surface area contributed by atoms with Gasteiger partial charge in [0.2, 0.25) is 12.7 Å². The lowest BCUT2D eigenvalue weighted by Crippen LogP contribution is -2.45. The van der Waals surface area contributed by atoms with Gasteiger partial charge in [0.1, 0.15) is 11.6 Å². The van der Waals surface area contributed by atoms with Crippen LogP contribution in [0.4, 0.5) is 4.39 Å². The molecule has 1 fully saturated rings. The van der Waals surface area contributed by atoms with Gasteiger partial charge in [-0.05, 0) is 42.2 Å². The summed E-state index contributed by atoms with van der Waals surface area (Å²) in [5.74, 6) is 2.04. The standard InChI is InChI=1S/C27H34FNO7/c1-31-12-13-33-15-14-32-11-9-27(30)29-10-8-24(20-2-4-22(28)5-3-20)21(17-29)18-34-23-6-7-25-26(16-23)36-19-35-25/h2-7,16,21,24H,8-15,17-19H2,1H3. The zero-order valence-electron chi connectivity index (χ0n) is 20.7. The summed E-state index contributed by atoms with van der Waals surface area (Å²) in [6.45, 7) is 4.16. The van der Waals surface area contributed by atoms with Crippen molar-refractivity contribution in [1.82, 2.24) is 4.90 Å². The van der Waals surface area contributed by atoms with Crippen molar-refractivity contribution in [2.24, 2.45) is 5.92 Å². The number of ether oxygens (including phenoxy) is 6. The Kier molecular flexibility index (Phi) is 9.77. The summed E-state index contributed by atoms with van der Waals surface area (Å²) in [4.78, 5) is 14.8. The van der Waals surface area contributed by atoms with E-state index in [1.165, 1.54) is 12.1 Å². The van der Waals surface area contributed by atoms with Gasteiger partial charge in [0.25, 0.3) is 0 Å². The van der Waals surface area contributed by atoms with E-state index in [-0.39, 0.29) is 30.4 Å². The molecule has 1 amide bonds. The van der Waals surface area contributed by atoms with Gasteiger partial charge >= 0.3 is 0 Å². The van der Waals surface area contributed by atoms with Crippen LogP contribution in [0.5, 0.6) is 17.2 Å². The number of amides is 1. The SMILES string of the molecule is COCCOCCOCCC(=O)N1CCC(c2ccc(F)cc2)C(COc2ccc3c(c2)OCO3)C1. The van der Waals surface area contributed by atoms with E-state index in [4.69, 9.17) is 28.4 Å². The molecule has 2 aromatic rings. The Labute approximate surface area is 211 Å². The van der Waals surface area contributed by atoms with E-state index in [1.807, 2.05) is 35.2 Å². The minimum Gasteiger partial charge on any atom is -0.493 e. The monoisotopic (exact) mass is 503 g/mol. The summed E-state index contributed by atoms with van der Waals surface area (Å²) < 4.78 is 46.3. The quantitative estimate of drug-likeness (QED) is 0.387. The van der Waals surface area contributed by atoms with Crippen LogP contribution < -0.4 is 14.2 Å². The molecule has 8 nitrogen and oxygen atoms in total. The first-order valence-corrected chi connectivity index (χ1v) is 12.3. The highest BCUT2D eigenvalue weighted by atomic mass is 19.1. The summed E-state index contributed by atoms with van der Waals surface area (Å²) in [6, 6.07) is 12.1. The molecule has 0 spiro atoms. The number of benzene rings is 2. The maximum Gasteiger partial charge on any atom is 0.231 e. The molecule has 36 heavy (non-hydrogen) atoms. The van der Waals surface area contributed by atoms with Crippen LogP contribution in [0.1, 0.15) is 24.3 Å². The number of nitrogens with zero attached hydrogens (tertiary/aromatic N) is 1. The molecule has 2 unspecified atom stereocenters. The van der Waals surface area contributed by atoms with E-state index in [2.05, 4.69) is 0 Å². The van der Waals surface area contributed by atoms with E-state index < -0.39 is 0 Å². The van der Waals surface area contributed by atoms with Crippen LogP contribution in [0, 0.1) is 11.7 Å². The predicted molar refractivity (Wildman–Crippen MR) is 130 cm³/mol. The van der Waals surface area contributed by atoms with Gasteiger partial charge in [-0.2, -0.15) is 0 Å². The van der Waals surface area contributed by atoms with E-state index >= 15 is 0 Å². The number of fused-ring (bicyclic) bond motifs is 1. The molecule has 0 radical (unpaired) electrons. The zero-order chi connectivity index (χ0) is 25.2. The van der Waals surface area contributed by atoms with E-state index in [9.17, 15) is 9.18 Å². The smallest absolute Gasteiger partial charge is 0.231 e. The molecular formula is C27H34FNO7. The Balaban J connectivity index is 1.31. The summed E-state index contributed by atoms with van der Waals surface area (Å²) in [6.07, 6.45) is 1.09. The minimum absolute atomic E-state index is 0.0497. The molecule has 0 N–H and O–H groups in total. The predicted octanol–water partition coefficient (Wildman–Crippen LogP) is 3.64. The number of hydrogen-bond donors (Lipinski definition) is 0. The number of hydrogen-bond acceptors (Lipinski definition) is 7. The van der Waals surface area contributed by atoms with Gasteiger partial charge in [-0.25, -0.2) is 4.39 Å². The second kappa shape index (κ2) is 13.4. The second-order valence-electron chi connectivity index (χ2n) is 8.84. The van der Waals surface area contributed by atoms with Crippen LogP contribution in [0.3, 0.4) is 0 Å². The van der Waals surface area contributed by atoms with Gasteiger partial charge in [-0.15, -0.1) is 0 Å². The molecule has 0 saturated carbocycles. The molecule has 2 heterocycles. The van der Waals surface area contributed by atoms with Crippen molar-refractivity contribution in [3.63, 3.8) is 0 Å². The zero-order valence-corrected chi connectivity index (χ0v) is 20.7. The Hall–Kier alpha value is -2.88. The van der Waals surface area contributed by atoms with Crippen molar-refractivity contribution in [3.8, 4) is 17.2 Å². The van der Waals surface area contributed by atoms with Crippen LogP contribution in [0.25, 0.3) is 0 Å². The Morgan fingerprint density at radius 3 is 2.56 bits per heavy atom. The van der Waals surface area contributed by atoms with Crippen LogP contribution in [0.15, 0.2) is 42.5 Å².